The van der Waals surface area contributed by atoms with Crippen molar-refractivity contribution in [2.24, 2.45) is 0 Å². The van der Waals surface area contributed by atoms with Gasteiger partial charge in [0.05, 0.1) is 0 Å². The minimum atomic E-state index is 1.26. The summed E-state index contributed by atoms with van der Waals surface area (Å²) < 4.78 is 0. The normalized spacial score (nSPS) is 11.8. The van der Waals surface area contributed by atoms with E-state index < -0.39 is 0 Å². The van der Waals surface area contributed by atoms with Crippen LogP contribution in [0.4, 0.5) is 0 Å². The minimum absolute atomic E-state index is 1.26. The van der Waals surface area contributed by atoms with E-state index in [4.69, 9.17) is 0 Å². The predicted molar refractivity (Wildman–Crippen MR) is 148 cm³/mol. The molecule has 0 saturated carbocycles. The lowest BCUT2D eigenvalue weighted by Crippen LogP contribution is -1.92. The first-order valence-corrected chi connectivity index (χ1v) is 12.0. The lowest BCUT2D eigenvalue weighted by Gasteiger charge is -2.19. The van der Waals surface area contributed by atoms with E-state index in [0.717, 1.165) is 0 Å². The number of hydrogen-bond donors (Lipinski definition) is 0. The van der Waals surface area contributed by atoms with Crippen molar-refractivity contribution >= 4 is 43.1 Å². The van der Waals surface area contributed by atoms with Gasteiger partial charge in [-0.25, -0.2) is 0 Å². The quantitative estimate of drug-likeness (QED) is 0.188. The maximum absolute atomic E-state index is 2.41. The molecule has 0 heteroatoms. The molecule has 0 nitrogen and oxygen atoms in total. The van der Waals surface area contributed by atoms with E-state index in [9.17, 15) is 0 Å². The Kier molecular flexibility index (Phi) is 4.07. The molecule has 7 aromatic rings. The van der Waals surface area contributed by atoms with Crippen LogP contribution < -0.4 is 0 Å². The fourth-order valence-corrected chi connectivity index (χ4v) is 5.72. The largest absolute Gasteiger partial charge is 0.0622 e. The van der Waals surface area contributed by atoms with Crippen molar-refractivity contribution in [1.82, 2.24) is 0 Å². The summed E-state index contributed by atoms with van der Waals surface area (Å²) in [6.45, 7) is 4.47. The van der Waals surface area contributed by atoms with Gasteiger partial charge < -0.3 is 0 Å². The molecule has 0 aromatic heterocycles. The Morgan fingerprint density at radius 3 is 1.12 bits per heavy atom. The molecular weight excluding hydrogens is 408 g/mol. The number of benzene rings is 7. The van der Waals surface area contributed by atoms with Gasteiger partial charge in [0.15, 0.2) is 0 Å². The third kappa shape index (κ3) is 2.72. The van der Waals surface area contributed by atoms with E-state index in [1.54, 1.807) is 0 Å². The smallest absolute Gasteiger partial charge is 0.00233 e. The average Bonchev–Trinajstić information content (AvgIpc) is 2.90. The van der Waals surface area contributed by atoms with E-state index >= 15 is 0 Å². The number of rotatable bonds is 2. The minimum Gasteiger partial charge on any atom is -0.0622 e. The van der Waals surface area contributed by atoms with Crippen LogP contribution in [-0.2, 0) is 0 Å². The van der Waals surface area contributed by atoms with Gasteiger partial charge in [-0.2, -0.15) is 0 Å². The standard InChI is InChI=1S/C34H24/c1-21-13-15-27-28-16-14-22(2)30-18-26(24-11-7-4-8-12-24)20-32(34(28)30)31-19-25(17-29(21)33(27)31)23-9-5-3-6-10-23/h3-20H,1-2H3. The topological polar surface area (TPSA) is 0 Å². The van der Waals surface area contributed by atoms with E-state index in [-0.39, 0.29) is 0 Å². The van der Waals surface area contributed by atoms with Gasteiger partial charge >= 0.3 is 0 Å². The zero-order chi connectivity index (χ0) is 22.8. The second-order valence-electron chi connectivity index (χ2n) is 9.48. The van der Waals surface area contributed by atoms with Crippen molar-refractivity contribution in [3.8, 4) is 22.3 Å². The van der Waals surface area contributed by atoms with Crippen LogP contribution in [0, 0.1) is 13.8 Å². The Bertz CT molecular complexity index is 1700. The molecule has 0 aliphatic carbocycles. The summed E-state index contributed by atoms with van der Waals surface area (Å²) in [5, 5.41) is 10.8. The van der Waals surface area contributed by atoms with Crippen LogP contribution in [0.25, 0.3) is 65.3 Å². The molecule has 0 aliphatic rings. The summed E-state index contributed by atoms with van der Waals surface area (Å²) in [6.07, 6.45) is 0. The molecule has 0 radical (unpaired) electrons. The van der Waals surface area contributed by atoms with Crippen molar-refractivity contribution in [2.75, 3.05) is 0 Å². The molecule has 0 fully saturated rings. The molecular formula is C34H24. The fraction of sp³-hybridized carbons (Fsp3) is 0.0588. The van der Waals surface area contributed by atoms with Gasteiger partial charge in [0.25, 0.3) is 0 Å². The molecule has 0 amide bonds. The molecule has 7 rings (SSSR count). The SMILES string of the molecule is Cc1ccc2c3ccc(C)c4cc(-c5ccccc5)cc(c5cc(-c6ccccc6)cc1c25)c43. The summed E-state index contributed by atoms with van der Waals surface area (Å²) in [5.41, 5.74) is 7.72. The monoisotopic (exact) mass is 432 g/mol. The molecule has 0 saturated heterocycles. The summed E-state index contributed by atoms with van der Waals surface area (Å²) in [7, 11) is 0. The molecule has 0 atom stereocenters. The van der Waals surface area contributed by atoms with Crippen molar-refractivity contribution in [2.45, 2.75) is 13.8 Å². The summed E-state index contributed by atoms with van der Waals surface area (Å²) >= 11 is 0. The third-order valence-electron chi connectivity index (χ3n) is 7.46. The third-order valence-corrected chi connectivity index (χ3v) is 7.46. The van der Waals surface area contributed by atoms with Gasteiger partial charge in [0.1, 0.15) is 0 Å². The molecule has 0 bridgehead atoms. The van der Waals surface area contributed by atoms with Crippen molar-refractivity contribution in [3.63, 3.8) is 0 Å². The molecule has 0 N–H and O–H groups in total. The highest BCUT2D eigenvalue weighted by atomic mass is 14.2. The molecule has 34 heavy (non-hydrogen) atoms. The molecule has 0 heterocycles. The summed E-state index contributed by atoms with van der Waals surface area (Å²) in [5.74, 6) is 0. The Labute approximate surface area is 199 Å². The van der Waals surface area contributed by atoms with Gasteiger partial charge in [-0.1, -0.05) is 84.9 Å². The molecule has 0 spiro atoms. The van der Waals surface area contributed by atoms with Gasteiger partial charge in [0, 0.05) is 0 Å². The summed E-state index contributed by atoms with van der Waals surface area (Å²) in [6, 6.07) is 40.3. The first-order chi connectivity index (χ1) is 16.7. The van der Waals surface area contributed by atoms with Crippen molar-refractivity contribution in [3.05, 3.63) is 120 Å². The molecule has 0 aliphatic heterocycles. The van der Waals surface area contributed by atoms with Crippen LogP contribution in [0.15, 0.2) is 109 Å². The second-order valence-corrected chi connectivity index (χ2v) is 9.48. The Balaban J connectivity index is 1.74. The highest BCUT2D eigenvalue weighted by Gasteiger charge is 2.17. The number of hydrogen-bond acceptors (Lipinski definition) is 0. The van der Waals surface area contributed by atoms with Crippen LogP contribution in [0.2, 0.25) is 0 Å². The Hall–Kier alpha value is -4.16. The Morgan fingerprint density at radius 1 is 0.324 bits per heavy atom. The number of fused-ring (bicyclic) bond motifs is 2. The van der Waals surface area contributed by atoms with E-state index in [1.807, 2.05) is 0 Å². The van der Waals surface area contributed by atoms with Crippen LogP contribution in [0.1, 0.15) is 11.1 Å². The predicted octanol–water partition coefficient (Wildman–Crippen LogP) is 9.69. The van der Waals surface area contributed by atoms with Gasteiger partial charge in [-0.3, -0.25) is 0 Å². The fourth-order valence-electron chi connectivity index (χ4n) is 5.72. The molecule has 160 valence electrons. The van der Waals surface area contributed by atoms with Crippen molar-refractivity contribution in [1.29, 1.82) is 0 Å². The van der Waals surface area contributed by atoms with Gasteiger partial charge in [-0.15, -0.1) is 0 Å². The average molecular weight is 433 g/mol. The van der Waals surface area contributed by atoms with Gasteiger partial charge in [0.2, 0.25) is 0 Å². The highest BCUT2D eigenvalue weighted by Crippen LogP contribution is 2.45. The lowest BCUT2D eigenvalue weighted by molar-refractivity contribution is 1.53. The van der Waals surface area contributed by atoms with Crippen LogP contribution >= 0.6 is 0 Å². The zero-order valence-corrected chi connectivity index (χ0v) is 19.4. The summed E-state index contributed by atoms with van der Waals surface area (Å²) in [4.78, 5) is 0. The lowest BCUT2D eigenvalue weighted by atomic mass is 9.84. The second kappa shape index (κ2) is 7.17. The van der Waals surface area contributed by atoms with Crippen molar-refractivity contribution < 1.29 is 0 Å². The molecule has 0 unspecified atom stereocenters. The maximum atomic E-state index is 2.41. The van der Waals surface area contributed by atoms with Crippen LogP contribution in [0.3, 0.4) is 0 Å². The van der Waals surface area contributed by atoms with Gasteiger partial charge in [-0.05, 0) is 115 Å². The first kappa shape index (κ1) is 19.3. The van der Waals surface area contributed by atoms with E-state index in [1.165, 1.54) is 76.5 Å². The van der Waals surface area contributed by atoms with E-state index in [0.29, 0.717) is 0 Å². The highest BCUT2D eigenvalue weighted by molar-refractivity contribution is 6.34. The molecule has 7 aromatic carbocycles. The number of aryl methyl sites for hydroxylation is 2. The maximum Gasteiger partial charge on any atom is -0.00233 e. The zero-order valence-electron chi connectivity index (χ0n) is 19.4. The van der Waals surface area contributed by atoms with E-state index in [2.05, 4.69) is 123 Å². The Morgan fingerprint density at radius 2 is 0.706 bits per heavy atom. The van der Waals surface area contributed by atoms with Crippen LogP contribution in [-0.4, -0.2) is 0 Å². The first-order valence-electron chi connectivity index (χ1n) is 12.0. The van der Waals surface area contributed by atoms with Crippen LogP contribution in [0.5, 0.6) is 0 Å².